The molecular formula is C12H15BrO2S. The fourth-order valence-corrected chi connectivity index (χ4v) is 2.69. The Morgan fingerprint density at radius 3 is 2.94 bits per heavy atom. The van der Waals surface area contributed by atoms with Gasteiger partial charge in [0.15, 0.2) is 0 Å². The average molecular weight is 303 g/mol. The maximum absolute atomic E-state index is 11.1. The molecule has 0 N–H and O–H groups in total. The van der Waals surface area contributed by atoms with E-state index in [0.29, 0.717) is 13.0 Å². The zero-order valence-electron chi connectivity index (χ0n) is 9.46. The number of hydrogen-bond donors (Lipinski definition) is 0. The highest BCUT2D eigenvalue weighted by molar-refractivity contribution is 9.10. The molecule has 0 fully saturated rings. The summed E-state index contributed by atoms with van der Waals surface area (Å²) >= 11 is 5.12. The van der Waals surface area contributed by atoms with Crippen molar-refractivity contribution in [3.8, 4) is 0 Å². The Labute approximate surface area is 108 Å². The maximum Gasteiger partial charge on any atom is 0.306 e. The SMILES string of the molecule is CCOC(=O)CCC=C(C)c1cc(Br)cs1. The van der Waals surface area contributed by atoms with Crippen LogP contribution in [-0.2, 0) is 9.53 Å². The highest BCUT2D eigenvalue weighted by Gasteiger charge is 2.02. The Kier molecular flexibility index (Phi) is 5.77. The molecule has 0 saturated carbocycles. The van der Waals surface area contributed by atoms with E-state index in [2.05, 4.69) is 40.4 Å². The number of hydrogen-bond acceptors (Lipinski definition) is 3. The lowest BCUT2D eigenvalue weighted by atomic mass is 10.2. The van der Waals surface area contributed by atoms with Crippen LogP contribution in [0.5, 0.6) is 0 Å². The lowest BCUT2D eigenvalue weighted by Gasteiger charge is -1.99. The molecule has 0 saturated heterocycles. The van der Waals surface area contributed by atoms with Crippen molar-refractivity contribution in [3.63, 3.8) is 0 Å². The first kappa shape index (κ1) is 13.5. The second-order valence-corrected chi connectivity index (χ2v) is 5.19. The fourth-order valence-electron chi connectivity index (χ4n) is 1.26. The largest absolute Gasteiger partial charge is 0.466 e. The quantitative estimate of drug-likeness (QED) is 0.760. The summed E-state index contributed by atoms with van der Waals surface area (Å²) in [5.41, 5.74) is 1.21. The molecule has 0 amide bonds. The van der Waals surface area contributed by atoms with Gasteiger partial charge in [0.2, 0.25) is 0 Å². The third kappa shape index (κ3) is 4.49. The van der Waals surface area contributed by atoms with Gasteiger partial charge in [-0.25, -0.2) is 0 Å². The molecule has 0 radical (unpaired) electrons. The van der Waals surface area contributed by atoms with Gasteiger partial charge >= 0.3 is 5.97 Å². The molecule has 0 atom stereocenters. The summed E-state index contributed by atoms with van der Waals surface area (Å²) in [6, 6.07) is 2.08. The molecule has 0 spiro atoms. The van der Waals surface area contributed by atoms with Crippen molar-refractivity contribution in [3.05, 3.63) is 26.9 Å². The molecule has 1 rings (SSSR count). The molecule has 0 aliphatic rings. The second kappa shape index (κ2) is 6.86. The maximum atomic E-state index is 11.1. The van der Waals surface area contributed by atoms with Crippen LogP contribution in [0.15, 0.2) is 22.0 Å². The van der Waals surface area contributed by atoms with Gasteiger partial charge in [-0.05, 0) is 47.8 Å². The molecule has 0 aromatic carbocycles. The number of carbonyl (C=O) groups is 1. The number of ether oxygens (including phenoxy) is 1. The van der Waals surface area contributed by atoms with Gasteiger partial charge in [0.05, 0.1) is 6.61 Å². The standard InChI is InChI=1S/C12H15BrO2S/c1-3-15-12(14)6-4-5-9(2)11-7-10(13)8-16-11/h5,7-8H,3-4,6H2,1-2H3. The van der Waals surface area contributed by atoms with Gasteiger partial charge in [-0.2, -0.15) is 0 Å². The van der Waals surface area contributed by atoms with Crippen molar-refractivity contribution in [1.29, 1.82) is 0 Å². The topological polar surface area (TPSA) is 26.3 Å². The monoisotopic (exact) mass is 302 g/mol. The van der Waals surface area contributed by atoms with E-state index in [1.165, 1.54) is 10.5 Å². The van der Waals surface area contributed by atoms with Crippen LogP contribution in [-0.4, -0.2) is 12.6 Å². The Bertz CT molecular complexity index is 382. The number of esters is 1. The normalized spacial score (nSPS) is 11.6. The predicted octanol–water partition coefficient (Wildman–Crippen LogP) is 4.26. The van der Waals surface area contributed by atoms with Gasteiger partial charge in [-0.3, -0.25) is 4.79 Å². The minimum atomic E-state index is -0.126. The van der Waals surface area contributed by atoms with E-state index in [1.54, 1.807) is 11.3 Å². The van der Waals surface area contributed by atoms with Crippen LogP contribution in [0.25, 0.3) is 5.57 Å². The van der Waals surface area contributed by atoms with Gasteiger partial charge in [-0.1, -0.05) is 6.08 Å². The smallest absolute Gasteiger partial charge is 0.306 e. The molecule has 16 heavy (non-hydrogen) atoms. The first-order chi connectivity index (χ1) is 7.63. The summed E-state index contributed by atoms with van der Waals surface area (Å²) in [4.78, 5) is 12.3. The van der Waals surface area contributed by atoms with Crippen molar-refractivity contribution in [2.24, 2.45) is 0 Å². The summed E-state index contributed by atoms with van der Waals surface area (Å²) in [7, 11) is 0. The number of carbonyl (C=O) groups excluding carboxylic acids is 1. The summed E-state index contributed by atoms with van der Waals surface area (Å²) in [6.07, 6.45) is 3.27. The Balaban J connectivity index is 2.43. The molecule has 0 aliphatic carbocycles. The molecule has 2 nitrogen and oxygen atoms in total. The van der Waals surface area contributed by atoms with E-state index in [9.17, 15) is 4.79 Å². The molecule has 0 bridgehead atoms. The number of halogens is 1. The van der Waals surface area contributed by atoms with Gasteiger partial charge in [-0.15, -0.1) is 11.3 Å². The van der Waals surface area contributed by atoms with Gasteiger partial charge in [0.1, 0.15) is 0 Å². The van der Waals surface area contributed by atoms with E-state index in [1.807, 2.05) is 6.92 Å². The summed E-state index contributed by atoms with van der Waals surface area (Å²) in [5, 5.41) is 2.05. The minimum absolute atomic E-state index is 0.126. The van der Waals surface area contributed by atoms with Crippen LogP contribution in [0.2, 0.25) is 0 Å². The van der Waals surface area contributed by atoms with Crippen molar-refractivity contribution >= 4 is 38.8 Å². The third-order valence-corrected chi connectivity index (χ3v) is 3.89. The van der Waals surface area contributed by atoms with E-state index >= 15 is 0 Å². The number of allylic oxidation sites excluding steroid dienone is 2. The van der Waals surface area contributed by atoms with E-state index in [-0.39, 0.29) is 5.97 Å². The van der Waals surface area contributed by atoms with Crippen molar-refractivity contribution in [2.75, 3.05) is 6.61 Å². The zero-order valence-corrected chi connectivity index (χ0v) is 11.9. The Hall–Kier alpha value is -0.610. The molecule has 0 aliphatic heterocycles. The lowest BCUT2D eigenvalue weighted by molar-refractivity contribution is -0.142. The van der Waals surface area contributed by atoms with Crippen LogP contribution >= 0.6 is 27.3 Å². The Morgan fingerprint density at radius 2 is 2.38 bits per heavy atom. The highest BCUT2D eigenvalue weighted by Crippen LogP contribution is 2.26. The van der Waals surface area contributed by atoms with Crippen LogP contribution in [0, 0.1) is 0 Å². The van der Waals surface area contributed by atoms with Crippen molar-refractivity contribution < 1.29 is 9.53 Å². The van der Waals surface area contributed by atoms with E-state index < -0.39 is 0 Å². The van der Waals surface area contributed by atoms with E-state index in [0.717, 1.165) is 10.9 Å². The van der Waals surface area contributed by atoms with Crippen LogP contribution < -0.4 is 0 Å². The van der Waals surface area contributed by atoms with Gasteiger partial charge < -0.3 is 4.74 Å². The molecular weight excluding hydrogens is 288 g/mol. The fraction of sp³-hybridized carbons (Fsp3) is 0.417. The van der Waals surface area contributed by atoms with Gasteiger partial charge in [0, 0.05) is 21.2 Å². The molecule has 0 unspecified atom stereocenters. The number of thiophene rings is 1. The summed E-state index contributed by atoms with van der Waals surface area (Å²) < 4.78 is 5.96. The summed E-state index contributed by atoms with van der Waals surface area (Å²) in [6.45, 7) is 4.34. The van der Waals surface area contributed by atoms with Crippen LogP contribution in [0.4, 0.5) is 0 Å². The molecule has 1 aromatic heterocycles. The lowest BCUT2D eigenvalue weighted by Crippen LogP contribution is -2.02. The second-order valence-electron chi connectivity index (χ2n) is 3.36. The Morgan fingerprint density at radius 1 is 1.62 bits per heavy atom. The van der Waals surface area contributed by atoms with Crippen molar-refractivity contribution in [2.45, 2.75) is 26.7 Å². The van der Waals surface area contributed by atoms with Crippen LogP contribution in [0.3, 0.4) is 0 Å². The third-order valence-electron chi connectivity index (χ3n) is 2.06. The molecule has 1 aromatic rings. The molecule has 88 valence electrons. The predicted molar refractivity (Wildman–Crippen MR) is 71.5 cm³/mol. The minimum Gasteiger partial charge on any atom is -0.466 e. The highest BCUT2D eigenvalue weighted by atomic mass is 79.9. The number of rotatable bonds is 5. The summed E-state index contributed by atoms with van der Waals surface area (Å²) in [5.74, 6) is -0.126. The molecule has 1 heterocycles. The van der Waals surface area contributed by atoms with Gasteiger partial charge in [0.25, 0.3) is 0 Å². The van der Waals surface area contributed by atoms with Crippen LogP contribution in [0.1, 0.15) is 31.6 Å². The van der Waals surface area contributed by atoms with E-state index in [4.69, 9.17) is 4.74 Å². The first-order valence-electron chi connectivity index (χ1n) is 5.20. The van der Waals surface area contributed by atoms with Crippen molar-refractivity contribution in [1.82, 2.24) is 0 Å². The average Bonchev–Trinajstić information content (AvgIpc) is 2.65. The first-order valence-corrected chi connectivity index (χ1v) is 6.87. The zero-order chi connectivity index (χ0) is 12.0. The molecule has 4 heteroatoms.